The molecule has 1 aromatic heterocycles. The van der Waals surface area contributed by atoms with Gasteiger partial charge in [-0.3, -0.25) is 0 Å². The molecule has 1 aromatic rings. The molecule has 1 aliphatic carbocycles. The largest absolute Gasteiger partial charge is 0.391 e. The molecule has 1 fully saturated rings. The van der Waals surface area contributed by atoms with Crippen LogP contribution in [0, 0.1) is 6.92 Å². The van der Waals surface area contributed by atoms with E-state index in [4.69, 9.17) is 5.73 Å². The van der Waals surface area contributed by atoms with Crippen molar-refractivity contribution in [3.05, 3.63) is 21.9 Å². The SMILES string of the molecule is Cc1ccsc1[C@]1(N)CCCC[C@H]1O. The lowest BCUT2D eigenvalue weighted by Crippen LogP contribution is -2.49. The smallest absolute Gasteiger partial charge is 0.0769 e. The van der Waals surface area contributed by atoms with E-state index >= 15 is 0 Å². The summed E-state index contributed by atoms with van der Waals surface area (Å²) >= 11 is 1.67. The maximum absolute atomic E-state index is 10.0. The number of hydrogen-bond donors (Lipinski definition) is 2. The highest BCUT2D eigenvalue weighted by molar-refractivity contribution is 7.10. The summed E-state index contributed by atoms with van der Waals surface area (Å²) in [5, 5.41) is 12.1. The molecule has 2 rings (SSSR count). The van der Waals surface area contributed by atoms with Gasteiger partial charge < -0.3 is 10.8 Å². The van der Waals surface area contributed by atoms with Gasteiger partial charge in [0.15, 0.2) is 0 Å². The van der Waals surface area contributed by atoms with Crippen LogP contribution >= 0.6 is 11.3 Å². The van der Waals surface area contributed by atoms with Crippen molar-refractivity contribution in [1.29, 1.82) is 0 Å². The van der Waals surface area contributed by atoms with E-state index in [9.17, 15) is 5.11 Å². The number of thiophene rings is 1. The number of rotatable bonds is 1. The summed E-state index contributed by atoms with van der Waals surface area (Å²) in [7, 11) is 0. The van der Waals surface area contributed by atoms with Gasteiger partial charge in [0.05, 0.1) is 11.6 Å². The fourth-order valence-corrected chi connectivity index (χ4v) is 3.41. The fraction of sp³-hybridized carbons (Fsp3) is 0.636. The van der Waals surface area contributed by atoms with Crippen molar-refractivity contribution in [2.24, 2.45) is 5.73 Å². The number of aryl methyl sites for hydroxylation is 1. The van der Waals surface area contributed by atoms with Crippen LogP contribution in [0.25, 0.3) is 0 Å². The fourth-order valence-electron chi connectivity index (χ4n) is 2.29. The van der Waals surface area contributed by atoms with E-state index in [0.717, 1.165) is 25.7 Å². The summed E-state index contributed by atoms with van der Waals surface area (Å²) in [6.07, 6.45) is 3.62. The molecule has 78 valence electrons. The quantitative estimate of drug-likeness (QED) is 0.747. The first-order valence-corrected chi connectivity index (χ1v) is 6.04. The highest BCUT2D eigenvalue weighted by Gasteiger charge is 2.39. The zero-order chi connectivity index (χ0) is 10.2. The van der Waals surface area contributed by atoms with E-state index in [1.54, 1.807) is 11.3 Å². The molecule has 1 aliphatic rings. The number of hydrogen-bond acceptors (Lipinski definition) is 3. The van der Waals surface area contributed by atoms with Crippen molar-refractivity contribution in [2.45, 2.75) is 44.2 Å². The van der Waals surface area contributed by atoms with Gasteiger partial charge in [-0.25, -0.2) is 0 Å². The van der Waals surface area contributed by atoms with Gasteiger partial charge in [-0.2, -0.15) is 0 Å². The van der Waals surface area contributed by atoms with Gasteiger partial charge in [-0.1, -0.05) is 12.8 Å². The Kier molecular flexibility index (Phi) is 2.64. The van der Waals surface area contributed by atoms with Crippen LogP contribution in [-0.4, -0.2) is 11.2 Å². The normalized spacial score (nSPS) is 33.2. The molecule has 0 amide bonds. The maximum Gasteiger partial charge on any atom is 0.0769 e. The molecule has 0 spiro atoms. The molecule has 0 aliphatic heterocycles. The van der Waals surface area contributed by atoms with E-state index in [1.165, 1.54) is 10.4 Å². The monoisotopic (exact) mass is 211 g/mol. The summed E-state index contributed by atoms with van der Waals surface area (Å²) in [5.41, 5.74) is 7.07. The molecule has 0 unspecified atom stereocenters. The Morgan fingerprint density at radius 2 is 2.36 bits per heavy atom. The third-order valence-corrected chi connectivity index (χ3v) is 4.41. The number of aliphatic hydroxyl groups excluding tert-OH is 1. The second-order valence-corrected chi connectivity index (χ2v) is 5.15. The van der Waals surface area contributed by atoms with Crippen molar-refractivity contribution in [2.75, 3.05) is 0 Å². The lowest BCUT2D eigenvalue weighted by atomic mass is 9.78. The van der Waals surface area contributed by atoms with Crippen molar-refractivity contribution >= 4 is 11.3 Å². The molecule has 14 heavy (non-hydrogen) atoms. The molecule has 1 saturated carbocycles. The van der Waals surface area contributed by atoms with Crippen LogP contribution in [0.2, 0.25) is 0 Å². The Bertz CT molecular complexity index is 323. The van der Waals surface area contributed by atoms with Gasteiger partial charge in [0.25, 0.3) is 0 Å². The van der Waals surface area contributed by atoms with Gasteiger partial charge in [-0.05, 0) is 36.8 Å². The predicted octanol–water partition coefficient (Wildman–Crippen LogP) is 2.15. The summed E-state index contributed by atoms with van der Waals surface area (Å²) in [4.78, 5) is 1.17. The minimum atomic E-state index is -0.476. The van der Waals surface area contributed by atoms with Crippen molar-refractivity contribution in [1.82, 2.24) is 0 Å². The van der Waals surface area contributed by atoms with Crippen LogP contribution in [0.3, 0.4) is 0 Å². The summed E-state index contributed by atoms with van der Waals surface area (Å²) in [6, 6.07) is 2.08. The Morgan fingerprint density at radius 1 is 1.57 bits per heavy atom. The minimum Gasteiger partial charge on any atom is -0.391 e. The zero-order valence-corrected chi connectivity index (χ0v) is 9.31. The van der Waals surface area contributed by atoms with Gasteiger partial charge >= 0.3 is 0 Å². The standard InChI is InChI=1S/C11H17NOS/c1-8-5-7-14-10(8)11(12)6-3-2-4-9(11)13/h5,7,9,13H,2-4,6,12H2,1H3/t9-,11+/m1/s1. The van der Waals surface area contributed by atoms with Gasteiger partial charge in [0.2, 0.25) is 0 Å². The zero-order valence-electron chi connectivity index (χ0n) is 8.49. The van der Waals surface area contributed by atoms with Gasteiger partial charge in [0.1, 0.15) is 0 Å². The van der Waals surface area contributed by atoms with Crippen molar-refractivity contribution in [3.63, 3.8) is 0 Å². The Labute approximate surface area is 88.8 Å². The predicted molar refractivity (Wildman–Crippen MR) is 59.4 cm³/mol. The summed E-state index contributed by atoms with van der Waals surface area (Å²) in [5.74, 6) is 0. The number of nitrogens with two attached hydrogens (primary N) is 1. The van der Waals surface area contributed by atoms with E-state index in [2.05, 4.69) is 18.4 Å². The Morgan fingerprint density at radius 3 is 2.93 bits per heavy atom. The molecule has 3 heteroatoms. The Hall–Kier alpha value is -0.380. The average Bonchev–Trinajstić information content (AvgIpc) is 2.57. The topological polar surface area (TPSA) is 46.2 Å². The van der Waals surface area contributed by atoms with Gasteiger partial charge in [-0.15, -0.1) is 11.3 Å². The first-order chi connectivity index (χ1) is 6.64. The molecule has 1 heterocycles. The molecule has 0 bridgehead atoms. The van der Waals surface area contributed by atoms with E-state index in [-0.39, 0.29) is 6.10 Å². The van der Waals surface area contributed by atoms with Crippen LogP contribution in [-0.2, 0) is 5.54 Å². The van der Waals surface area contributed by atoms with Crippen LogP contribution in [0.4, 0.5) is 0 Å². The van der Waals surface area contributed by atoms with Crippen LogP contribution in [0.15, 0.2) is 11.4 Å². The maximum atomic E-state index is 10.0. The molecule has 0 saturated heterocycles. The molecule has 0 aromatic carbocycles. The highest BCUT2D eigenvalue weighted by atomic mass is 32.1. The summed E-state index contributed by atoms with van der Waals surface area (Å²) < 4.78 is 0. The van der Waals surface area contributed by atoms with Crippen LogP contribution in [0.5, 0.6) is 0 Å². The Balaban J connectivity index is 2.34. The molecule has 2 atom stereocenters. The summed E-state index contributed by atoms with van der Waals surface area (Å²) in [6.45, 7) is 2.07. The second kappa shape index (κ2) is 3.65. The molecule has 0 radical (unpaired) electrons. The molecular formula is C11H17NOS. The van der Waals surface area contributed by atoms with Crippen LogP contribution < -0.4 is 5.73 Å². The van der Waals surface area contributed by atoms with Crippen molar-refractivity contribution < 1.29 is 5.11 Å². The molecule has 2 nitrogen and oxygen atoms in total. The first kappa shape index (κ1) is 10.1. The average molecular weight is 211 g/mol. The highest BCUT2D eigenvalue weighted by Crippen LogP contribution is 2.39. The van der Waals surface area contributed by atoms with E-state index < -0.39 is 5.54 Å². The first-order valence-electron chi connectivity index (χ1n) is 5.16. The lowest BCUT2D eigenvalue weighted by Gasteiger charge is -2.38. The third kappa shape index (κ3) is 1.49. The third-order valence-electron chi connectivity index (χ3n) is 3.20. The van der Waals surface area contributed by atoms with E-state index in [1.807, 2.05) is 0 Å². The second-order valence-electron chi connectivity index (χ2n) is 4.23. The molecular weight excluding hydrogens is 194 g/mol. The molecule has 3 N–H and O–H groups in total. The van der Waals surface area contributed by atoms with Gasteiger partial charge in [0, 0.05) is 4.88 Å². The van der Waals surface area contributed by atoms with Crippen LogP contribution in [0.1, 0.15) is 36.1 Å². The number of aliphatic hydroxyl groups is 1. The minimum absolute atomic E-state index is 0.367. The lowest BCUT2D eigenvalue weighted by molar-refractivity contribution is 0.0466. The van der Waals surface area contributed by atoms with Crippen molar-refractivity contribution in [3.8, 4) is 0 Å². The van der Waals surface area contributed by atoms with E-state index in [0.29, 0.717) is 0 Å².